The summed E-state index contributed by atoms with van der Waals surface area (Å²) in [4.78, 5) is 3.70. The maximum absolute atomic E-state index is 13.3. The highest BCUT2D eigenvalue weighted by Crippen LogP contribution is 2.24. The van der Waals surface area contributed by atoms with E-state index in [0.29, 0.717) is 5.56 Å². The van der Waals surface area contributed by atoms with Crippen molar-refractivity contribution in [2.75, 3.05) is 0 Å². The second kappa shape index (κ2) is 4.72. The van der Waals surface area contributed by atoms with E-state index in [4.69, 9.17) is 0 Å². The molecule has 0 bridgehead atoms. The van der Waals surface area contributed by atoms with Crippen LogP contribution >= 0.6 is 0 Å². The average Bonchev–Trinajstić information content (AvgIpc) is 2.40. The summed E-state index contributed by atoms with van der Waals surface area (Å²) in [6.07, 6.45) is 2.31. The fourth-order valence-corrected chi connectivity index (χ4v) is 1.51. The van der Waals surface area contributed by atoms with Crippen LogP contribution in [0.15, 0.2) is 24.5 Å². The summed E-state index contributed by atoms with van der Waals surface area (Å²) in [5.41, 5.74) is -0.514. The van der Waals surface area contributed by atoms with Gasteiger partial charge in [-0.05, 0) is 11.6 Å². The summed E-state index contributed by atoms with van der Waals surface area (Å²) in [5, 5.41) is 0. The Morgan fingerprint density at radius 2 is 1.39 bits per heavy atom. The largest absolute Gasteiger partial charge is 0.264 e. The number of aromatic nitrogens is 1. The summed E-state index contributed by atoms with van der Waals surface area (Å²) in [6.45, 7) is 0. The fraction of sp³-hybridized carbons (Fsp3) is 0.0833. The first-order valence-electron chi connectivity index (χ1n) is 4.91. The van der Waals surface area contributed by atoms with Gasteiger partial charge in [0, 0.05) is 24.4 Å². The maximum atomic E-state index is 13.3. The van der Waals surface area contributed by atoms with Gasteiger partial charge in [0.25, 0.3) is 0 Å². The predicted molar refractivity (Wildman–Crippen MR) is 53.3 cm³/mol. The third-order valence-electron chi connectivity index (χ3n) is 2.40. The molecule has 0 aliphatic rings. The molecule has 0 atom stereocenters. The Bertz CT molecular complexity index is 554. The van der Waals surface area contributed by atoms with Crippen LogP contribution in [0.5, 0.6) is 0 Å². The van der Waals surface area contributed by atoms with E-state index in [1.165, 1.54) is 24.5 Å². The Kier molecular flexibility index (Phi) is 3.27. The van der Waals surface area contributed by atoms with Gasteiger partial charge in [0.2, 0.25) is 5.82 Å². The van der Waals surface area contributed by atoms with Crippen LogP contribution in [0.4, 0.5) is 22.0 Å². The zero-order valence-electron chi connectivity index (χ0n) is 8.85. The molecule has 0 fully saturated rings. The summed E-state index contributed by atoms with van der Waals surface area (Å²) in [6, 6.07) is 2.98. The summed E-state index contributed by atoms with van der Waals surface area (Å²) >= 11 is 0. The number of hydrogen-bond donors (Lipinski definition) is 0. The van der Waals surface area contributed by atoms with Gasteiger partial charge in [-0.2, -0.15) is 0 Å². The number of halogens is 5. The van der Waals surface area contributed by atoms with E-state index in [9.17, 15) is 22.0 Å². The van der Waals surface area contributed by atoms with Crippen LogP contribution in [0.2, 0.25) is 0 Å². The Balaban J connectivity index is 2.52. The Labute approximate surface area is 98.9 Å². The van der Waals surface area contributed by atoms with Crippen molar-refractivity contribution in [2.45, 2.75) is 6.42 Å². The molecule has 94 valence electrons. The van der Waals surface area contributed by atoms with Crippen LogP contribution in [0.1, 0.15) is 11.1 Å². The monoisotopic (exact) mass is 259 g/mol. The highest BCUT2D eigenvalue weighted by atomic mass is 19.2. The number of hydrogen-bond acceptors (Lipinski definition) is 1. The molecule has 0 unspecified atom stereocenters. The molecule has 0 saturated heterocycles. The minimum atomic E-state index is -2.15. The third-order valence-corrected chi connectivity index (χ3v) is 2.40. The quantitative estimate of drug-likeness (QED) is 0.458. The second-order valence-corrected chi connectivity index (χ2v) is 3.59. The van der Waals surface area contributed by atoms with Crippen molar-refractivity contribution in [1.29, 1.82) is 0 Å². The van der Waals surface area contributed by atoms with E-state index >= 15 is 0 Å². The van der Waals surface area contributed by atoms with Gasteiger partial charge in [-0.3, -0.25) is 4.98 Å². The lowest BCUT2D eigenvalue weighted by molar-refractivity contribution is 0.371. The molecule has 0 amide bonds. The van der Waals surface area contributed by atoms with Gasteiger partial charge in [-0.25, -0.2) is 22.0 Å². The molecule has 18 heavy (non-hydrogen) atoms. The van der Waals surface area contributed by atoms with Crippen LogP contribution < -0.4 is 0 Å². The number of pyridine rings is 1. The molecule has 1 nitrogen and oxygen atoms in total. The fourth-order valence-electron chi connectivity index (χ4n) is 1.51. The molecule has 6 heteroatoms. The van der Waals surface area contributed by atoms with Gasteiger partial charge in [0.15, 0.2) is 23.3 Å². The van der Waals surface area contributed by atoms with Gasteiger partial charge in [-0.1, -0.05) is 6.07 Å². The molecule has 0 N–H and O–H groups in total. The molecule has 0 spiro atoms. The second-order valence-electron chi connectivity index (χ2n) is 3.59. The zero-order chi connectivity index (χ0) is 13.3. The SMILES string of the molecule is Fc1c(F)c(F)c(Cc2cccnc2)c(F)c1F. The van der Waals surface area contributed by atoms with E-state index in [1.54, 1.807) is 0 Å². The first kappa shape index (κ1) is 12.5. The summed E-state index contributed by atoms with van der Waals surface area (Å²) < 4.78 is 65.3. The molecule has 0 radical (unpaired) electrons. The van der Waals surface area contributed by atoms with Crippen LogP contribution in [-0.4, -0.2) is 4.98 Å². The third kappa shape index (κ3) is 2.05. The van der Waals surface area contributed by atoms with E-state index < -0.39 is 41.1 Å². The molecule has 0 aliphatic carbocycles. The number of nitrogens with zero attached hydrogens (tertiary/aromatic N) is 1. The van der Waals surface area contributed by atoms with Crippen LogP contribution in [0.3, 0.4) is 0 Å². The Morgan fingerprint density at radius 3 is 1.89 bits per heavy atom. The highest BCUT2D eigenvalue weighted by molar-refractivity contribution is 5.29. The number of rotatable bonds is 2. The summed E-state index contributed by atoms with van der Waals surface area (Å²) in [7, 11) is 0. The van der Waals surface area contributed by atoms with Crippen molar-refractivity contribution in [2.24, 2.45) is 0 Å². The van der Waals surface area contributed by atoms with Crippen LogP contribution in [-0.2, 0) is 6.42 Å². The minimum Gasteiger partial charge on any atom is -0.264 e. The predicted octanol–water partition coefficient (Wildman–Crippen LogP) is 3.37. The Morgan fingerprint density at radius 1 is 0.833 bits per heavy atom. The molecule has 0 saturated carbocycles. The van der Waals surface area contributed by atoms with Crippen molar-refractivity contribution in [3.05, 3.63) is 64.7 Å². The smallest absolute Gasteiger partial charge is 0.200 e. The van der Waals surface area contributed by atoms with E-state index in [-0.39, 0.29) is 0 Å². The lowest BCUT2D eigenvalue weighted by Crippen LogP contribution is -2.07. The molecular formula is C12H6F5N. The lowest BCUT2D eigenvalue weighted by atomic mass is 10.0. The first-order valence-corrected chi connectivity index (χ1v) is 4.91. The van der Waals surface area contributed by atoms with Gasteiger partial charge < -0.3 is 0 Å². The summed E-state index contributed by atoms with van der Waals surface area (Å²) in [5.74, 6) is -9.65. The van der Waals surface area contributed by atoms with Crippen molar-refractivity contribution < 1.29 is 22.0 Å². The van der Waals surface area contributed by atoms with Crippen molar-refractivity contribution >= 4 is 0 Å². The molecule has 1 aromatic carbocycles. The van der Waals surface area contributed by atoms with E-state index in [0.717, 1.165) is 0 Å². The average molecular weight is 259 g/mol. The molecule has 1 aromatic heterocycles. The Hall–Kier alpha value is -1.98. The van der Waals surface area contributed by atoms with E-state index in [2.05, 4.69) is 4.98 Å². The van der Waals surface area contributed by atoms with Gasteiger partial charge in [0.05, 0.1) is 0 Å². The normalized spacial score (nSPS) is 10.7. The van der Waals surface area contributed by atoms with E-state index in [1.807, 2.05) is 0 Å². The van der Waals surface area contributed by atoms with Crippen LogP contribution in [0.25, 0.3) is 0 Å². The zero-order valence-corrected chi connectivity index (χ0v) is 8.85. The lowest BCUT2D eigenvalue weighted by Gasteiger charge is -2.07. The van der Waals surface area contributed by atoms with Gasteiger partial charge in [0.1, 0.15) is 0 Å². The maximum Gasteiger partial charge on any atom is 0.200 e. The standard InChI is InChI=1S/C12H6F5N/c13-8-7(4-6-2-1-3-18-5-6)9(14)11(16)12(17)10(8)15/h1-3,5H,4H2. The van der Waals surface area contributed by atoms with Crippen LogP contribution in [0, 0.1) is 29.1 Å². The van der Waals surface area contributed by atoms with Crippen molar-refractivity contribution in [1.82, 2.24) is 4.98 Å². The van der Waals surface area contributed by atoms with Gasteiger partial charge in [-0.15, -0.1) is 0 Å². The topological polar surface area (TPSA) is 12.9 Å². The molecular weight excluding hydrogens is 253 g/mol. The molecule has 2 aromatic rings. The van der Waals surface area contributed by atoms with Crippen molar-refractivity contribution in [3.63, 3.8) is 0 Å². The highest BCUT2D eigenvalue weighted by Gasteiger charge is 2.25. The van der Waals surface area contributed by atoms with Gasteiger partial charge >= 0.3 is 0 Å². The molecule has 2 rings (SSSR count). The molecule has 0 aliphatic heterocycles. The minimum absolute atomic E-state index is 0.348. The molecule has 1 heterocycles. The first-order chi connectivity index (χ1) is 8.52. The van der Waals surface area contributed by atoms with Crippen molar-refractivity contribution in [3.8, 4) is 0 Å². The number of benzene rings is 1.